The monoisotopic (exact) mass is 286 g/mol. The highest BCUT2D eigenvalue weighted by Gasteiger charge is 2.16. The first-order valence-electron chi connectivity index (χ1n) is 6.48. The molecule has 5 heteroatoms. The Morgan fingerprint density at radius 3 is 2.43 bits per heavy atom. The average molecular weight is 286 g/mol. The Morgan fingerprint density at radius 2 is 1.86 bits per heavy atom. The Bertz CT molecular complexity index is 673. The van der Waals surface area contributed by atoms with E-state index in [-0.39, 0.29) is 17.1 Å². The van der Waals surface area contributed by atoms with Crippen LogP contribution in [0.2, 0.25) is 0 Å². The van der Waals surface area contributed by atoms with Crippen molar-refractivity contribution in [2.24, 2.45) is 0 Å². The summed E-state index contributed by atoms with van der Waals surface area (Å²) in [5, 5.41) is 12.8. The minimum Gasteiger partial charge on any atom is -0.504 e. The molecule has 4 N–H and O–H groups in total. The van der Waals surface area contributed by atoms with Crippen molar-refractivity contribution < 1.29 is 14.6 Å². The molecule has 0 radical (unpaired) electrons. The fourth-order valence-corrected chi connectivity index (χ4v) is 2.25. The van der Waals surface area contributed by atoms with Crippen molar-refractivity contribution in [1.82, 2.24) is 0 Å². The van der Waals surface area contributed by atoms with E-state index in [1.165, 1.54) is 13.2 Å². The minimum absolute atomic E-state index is 0.157. The van der Waals surface area contributed by atoms with Crippen LogP contribution in [-0.2, 0) is 0 Å². The van der Waals surface area contributed by atoms with Crippen molar-refractivity contribution in [3.63, 3.8) is 0 Å². The fourth-order valence-electron chi connectivity index (χ4n) is 2.25. The molecule has 0 aliphatic carbocycles. The summed E-state index contributed by atoms with van der Waals surface area (Å²) in [5.74, 6) is -0.320. The maximum Gasteiger partial charge on any atom is 0.259 e. The van der Waals surface area contributed by atoms with Gasteiger partial charge in [0.2, 0.25) is 0 Å². The van der Waals surface area contributed by atoms with E-state index < -0.39 is 5.91 Å². The van der Waals surface area contributed by atoms with Gasteiger partial charge in [0.05, 0.1) is 12.7 Å². The molecule has 0 saturated heterocycles. The number of carbonyl (C=O) groups excluding carboxylic acids is 1. The Hall–Kier alpha value is -2.69. The van der Waals surface area contributed by atoms with Crippen molar-refractivity contribution in [2.45, 2.75) is 13.8 Å². The van der Waals surface area contributed by atoms with Crippen LogP contribution in [0.15, 0.2) is 30.3 Å². The van der Waals surface area contributed by atoms with Crippen molar-refractivity contribution in [3.05, 3.63) is 47.0 Å². The molecule has 0 aromatic heterocycles. The molecule has 0 atom stereocenters. The van der Waals surface area contributed by atoms with Gasteiger partial charge in [-0.15, -0.1) is 0 Å². The predicted octanol–water partition coefficient (Wildman–Crippen LogP) is 2.85. The molecule has 0 fully saturated rings. The zero-order chi connectivity index (χ0) is 15.6. The summed E-state index contributed by atoms with van der Waals surface area (Å²) in [7, 11) is 1.44. The van der Waals surface area contributed by atoms with Crippen LogP contribution < -0.4 is 15.8 Å². The third-order valence-electron chi connectivity index (χ3n) is 3.26. The standard InChI is InChI=1S/C16H18N2O3/c1-9-7-11(17)8-10(2)14(9)18-16(20)12-5-4-6-13(21-3)15(12)19/h4-8,19H,17H2,1-3H3,(H,18,20). The zero-order valence-corrected chi connectivity index (χ0v) is 12.2. The Balaban J connectivity index is 2.35. The van der Waals surface area contributed by atoms with E-state index in [1.807, 2.05) is 13.8 Å². The second kappa shape index (κ2) is 5.75. The number of rotatable bonds is 3. The molecule has 21 heavy (non-hydrogen) atoms. The first-order valence-corrected chi connectivity index (χ1v) is 6.48. The van der Waals surface area contributed by atoms with E-state index in [9.17, 15) is 9.90 Å². The minimum atomic E-state index is -0.401. The van der Waals surface area contributed by atoms with Gasteiger partial charge in [0.25, 0.3) is 5.91 Å². The molecular weight excluding hydrogens is 268 g/mol. The summed E-state index contributed by atoms with van der Waals surface area (Å²) in [5.41, 5.74) is 8.99. The number of nitrogens with one attached hydrogen (secondary N) is 1. The Morgan fingerprint density at radius 1 is 1.24 bits per heavy atom. The number of phenols is 1. The number of benzene rings is 2. The number of hydrogen-bond acceptors (Lipinski definition) is 4. The molecule has 2 aromatic carbocycles. The number of methoxy groups -OCH3 is 1. The van der Waals surface area contributed by atoms with E-state index in [0.29, 0.717) is 11.4 Å². The third-order valence-corrected chi connectivity index (χ3v) is 3.26. The number of amides is 1. The number of ether oxygens (including phenoxy) is 1. The zero-order valence-electron chi connectivity index (χ0n) is 12.2. The molecule has 0 aliphatic rings. The molecule has 1 amide bonds. The number of aromatic hydroxyl groups is 1. The summed E-state index contributed by atoms with van der Waals surface area (Å²) in [6, 6.07) is 8.35. The molecule has 0 aliphatic heterocycles. The van der Waals surface area contributed by atoms with Crippen molar-refractivity contribution in [1.29, 1.82) is 0 Å². The van der Waals surface area contributed by atoms with Gasteiger partial charge in [-0.05, 0) is 49.2 Å². The number of aryl methyl sites for hydroxylation is 2. The number of carbonyl (C=O) groups is 1. The first kappa shape index (κ1) is 14.7. The average Bonchev–Trinajstić information content (AvgIpc) is 2.42. The van der Waals surface area contributed by atoms with Crippen LogP contribution in [0.1, 0.15) is 21.5 Å². The lowest BCUT2D eigenvalue weighted by molar-refractivity contribution is 0.102. The fraction of sp³-hybridized carbons (Fsp3) is 0.188. The van der Waals surface area contributed by atoms with Gasteiger partial charge in [-0.3, -0.25) is 4.79 Å². The van der Waals surface area contributed by atoms with E-state index in [1.54, 1.807) is 24.3 Å². The normalized spacial score (nSPS) is 10.2. The lowest BCUT2D eigenvalue weighted by atomic mass is 10.1. The quantitative estimate of drug-likeness (QED) is 0.757. The van der Waals surface area contributed by atoms with E-state index in [4.69, 9.17) is 10.5 Å². The largest absolute Gasteiger partial charge is 0.504 e. The van der Waals surface area contributed by atoms with Gasteiger partial charge in [0.15, 0.2) is 11.5 Å². The van der Waals surface area contributed by atoms with Gasteiger partial charge in [-0.2, -0.15) is 0 Å². The van der Waals surface area contributed by atoms with Crippen LogP contribution in [0.3, 0.4) is 0 Å². The molecule has 110 valence electrons. The van der Waals surface area contributed by atoms with Crippen LogP contribution in [0.4, 0.5) is 11.4 Å². The van der Waals surface area contributed by atoms with Gasteiger partial charge < -0.3 is 20.9 Å². The maximum atomic E-state index is 12.3. The highest BCUT2D eigenvalue weighted by Crippen LogP contribution is 2.31. The number of nitrogens with two attached hydrogens (primary N) is 1. The molecule has 0 heterocycles. The number of hydrogen-bond donors (Lipinski definition) is 3. The smallest absolute Gasteiger partial charge is 0.259 e. The van der Waals surface area contributed by atoms with E-state index in [0.717, 1.165) is 11.1 Å². The second-order valence-electron chi connectivity index (χ2n) is 4.84. The summed E-state index contributed by atoms with van der Waals surface area (Å²) in [4.78, 5) is 12.3. The lowest BCUT2D eigenvalue weighted by Gasteiger charge is -2.14. The van der Waals surface area contributed by atoms with Gasteiger partial charge in [-0.25, -0.2) is 0 Å². The van der Waals surface area contributed by atoms with Crippen LogP contribution in [0.25, 0.3) is 0 Å². The molecule has 5 nitrogen and oxygen atoms in total. The molecule has 0 spiro atoms. The number of anilines is 2. The molecule has 2 rings (SSSR count). The second-order valence-corrected chi connectivity index (χ2v) is 4.84. The van der Waals surface area contributed by atoms with Crippen molar-refractivity contribution >= 4 is 17.3 Å². The van der Waals surface area contributed by atoms with Crippen molar-refractivity contribution in [3.8, 4) is 11.5 Å². The maximum absolute atomic E-state index is 12.3. The highest BCUT2D eigenvalue weighted by molar-refractivity contribution is 6.07. The number of nitrogen functional groups attached to an aromatic ring is 1. The van der Waals surface area contributed by atoms with E-state index in [2.05, 4.69) is 5.32 Å². The van der Waals surface area contributed by atoms with Gasteiger partial charge in [0, 0.05) is 11.4 Å². The summed E-state index contributed by atoms with van der Waals surface area (Å²) >= 11 is 0. The molecule has 0 bridgehead atoms. The first-order chi connectivity index (χ1) is 9.93. The van der Waals surface area contributed by atoms with Crippen LogP contribution in [-0.4, -0.2) is 18.1 Å². The SMILES string of the molecule is COc1cccc(C(=O)Nc2c(C)cc(N)cc2C)c1O. The molecule has 0 unspecified atom stereocenters. The van der Waals surface area contributed by atoms with Crippen LogP contribution in [0.5, 0.6) is 11.5 Å². The van der Waals surface area contributed by atoms with Gasteiger partial charge in [-0.1, -0.05) is 6.07 Å². The number of para-hydroxylation sites is 1. The summed E-state index contributed by atoms with van der Waals surface area (Å²) in [6.45, 7) is 3.73. The Kier molecular flexibility index (Phi) is 4.03. The lowest BCUT2D eigenvalue weighted by Crippen LogP contribution is -2.14. The number of phenolic OH excluding ortho intramolecular Hbond substituents is 1. The predicted molar refractivity (Wildman–Crippen MR) is 82.9 cm³/mol. The van der Waals surface area contributed by atoms with Crippen molar-refractivity contribution in [2.75, 3.05) is 18.2 Å². The highest BCUT2D eigenvalue weighted by atomic mass is 16.5. The third kappa shape index (κ3) is 2.91. The summed E-state index contributed by atoms with van der Waals surface area (Å²) in [6.07, 6.45) is 0. The van der Waals surface area contributed by atoms with Crippen LogP contribution in [0, 0.1) is 13.8 Å². The molecular formula is C16H18N2O3. The van der Waals surface area contributed by atoms with E-state index >= 15 is 0 Å². The van der Waals surface area contributed by atoms with Gasteiger partial charge in [0.1, 0.15) is 0 Å². The summed E-state index contributed by atoms with van der Waals surface area (Å²) < 4.78 is 5.00. The molecule has 0 saturated carbocycles. The Labute approximate surface area is 123 Å². The molecule has 2 aromatic rings. The van der Waals surface area contributed by atoms with Crippen LogP contribution >= 0.6 is 0 Å². The topological polar surface area (TPSA) is 84.6 Å². The van der Waals surface area contributed by atoms with Gasteiger partial charge >= 0.3 is 0 Å².